The molecule has 0 aromatic carbocycles. The minimum absolute atomic E-state index is 0.459. The molecule has 1 unspecified atom stereocenters. The maximum atomic E-state index is 5.64. The molecule has 0 saturated heterocycles. The van der Waals surface area contributed by atoms with Crippen LogP contribution in [0.15, 0.2) is 12.4 Å². The standard InChI is InChI=1S/C10H15ClN2S/c1-3-8(2)6-14-7-9-4-13-10(11)5-12-9/h4-5,8H,3,6-7H2,1-2H3. The highest BCUT2D eigenvalue weighted by Gasteiger charge is 2.00. The largest absolute Gasteiger partial charge is 0.256 e. The molecule has 14 heavy (non-hydrogen) atoms. The molecule has 1 rings (SSSR count). The van der Waals surface area contributed by atoms with Crippen molar-refractivity contribution in [3.05, 3.63) is 23.2 Å². The zero-order valence-electron chi connectivity index (χ0n) is 8.53. The Balaban J connectivity index is 2.28. The van der Waals surface area contributed by atoms with Crippen molar-refractivity contribution in [2.45, 2.75) is 26.0 Å². The van der Waals surface area contributed by atoms with Gasteiger partial charge in [0.25, 0.3) is 0 Å². The van der Waals surface area contributed by atoms with Crippen LogP contribution in [0.4, 0.5) is 0 Å². The van der Waals surface area contributed by atoms with Crippen molar-refractivity contribution in [2.75, 3.05) is 5.75 Å². The third-order valence-electron chi connectivity index (χ3n) is 2.02. The second-order valence-corrected chi connectivity index (χ2v) is 4.78. The number of nitrogens with zero attached hydrogens (tertiary/aromatic N) is 2. The molecule has 0 N–H and O–H groups in total. The predicted molar refractivity (Wildman–Crippen MR) is 62.7 cm³/mol. The molecule has 0 spiro atoms. The van der Waals surface area contributed by atoms with Gasteiger partial charge in [0.2, 0.25) is 0 Å². The summed E-state index contributed by atoms with van der Waals surface area (Å²) >= 11 is 7.54. The Bertz CT molecular complexity index is 263. The predicted octanol–water partition coefficient (Wildman–Crippen LogP) is 3.41. The summed E-state index contributed by atoms with van der Waals surface area (Å²) in [5.41, 5.74) is 1.00. The molecule has 0 aliphatic rings. The van der Waals surface area contributed by atoms with Crippen LogP contribution < -0.4 is 0 Å². The second-order valence-electron chi connectivity index (χ2n) is 3.36. The lowest BCUT2D eigenvalue weighted by Crippen LogP contribution is -1.97. The molecular weight excluding hydrogens is 216 g/mol. The molecule has 0 amide bonds. The van der Waals surface area contributed by atoms with E-state index < -0.39 is 0 Å². The van der Waals surface area contributed by atoms with Gasteiger partial charge < -0.3 is 0 Å². The van der Waals surface area contributed by atoms with Crippen LogP contribution in [0.3, 0.4) is 0 Å². The number of hydrogen-bond acceptors (Lipinski definition) is 3. The van der Waals surface area contributed by atoms with Gasteiger partial charge in [0, 0.05) is 5.75 Å². The lowest BCUT2D eigenvalue weighted by Gasteiger charge is -2.06. The van der Waals surface area contributed by atoms with Gasteiger partial charge in [0.05, 0.1) is 18.1 Å². The van der Waals surface area contributed by atoms with E-state index >= 15 is 0 Å². The molecule has 0 bridgehead atoms. The third-order valence-corrected chi connectivity index (χ3v) is 3.52. The van der Waals surface area contributed by atoms with Gasteiger partial charge in [-0.1, -0.05) is 31.9 Å². The van der Waals surface area contributed by atoms with E-state index in [1.165, 1.54) is 12.2 Å². The molecule has 1 heterocycles. The van der Waals surface area contributed by atoms with E-state index in [0.29, 0.717) is 5.15 Å². The summed E-state index contributed by atoms with van der Waals surface area (Å²) < 4.78 is 0. The van der Waals surface area contributed by atoms with Gasteiger partial charge in [-0.3, -0.25) is 4.98 Å². The summed E-state index contributed by atoms with van der Waals surface area (Å²) in [4.78, 5) is 8.17. The highest BCUT2D eigenvalue weighted by Crippen LogP contribution is 2.15. The fraction of sp³-hybridized carbons (Fsp3) is 0.600. The van der Waals surface area contributed by atoms with Crippen molar-refractivity contribution in [3.8, 4) is 0 Å². The van der Waals surface area contributed by atoms with Crippen molar-refractivity contribution in [3.63, 3.8) is 0 Å². The van der Waals surface area contributed by atoms with Crippen molar-refractivity contribution in [1.29, 1.82) is 0 Å². The SMILES string of the molecule is CCC(C)CSCc1cnc(Cl)cn1. The lowest BCUT2D eigenvalue weighted by atomic mass is 10.2. The fourth-order valence-electron chi connectivity index (χ4n) is 0.896. The molecule has 1 aromatic rings. The van der Waals surface area contributed by atoms with Crippen LogP contribution in [0.2, 0.25) is 5.15 Å². The average Bonchev–Trinajstić information content (AvgIpc) is 2.21. The van der Waals surface area contributed by atoms with E-state index in [2.05, 4.69) is 23.8 Å². The number of aromatic nitrogens is 2. The Morgan fingerprint density at radius 1 is 1.43 bits per heavy atom. The first-order valence-corrected chi connectivity index (χ1v) is 6.29. The lowest BCUT2D eigenvalue weighted by molar-refractivity contribution is 0.637. The van der Waals surface area contributed by atoms with Gasteiger partial charge in [-0.2, -0.15) is 11.8 Å². The van der Waals surface area contributed by atoms with Crippen LogP contribution in [-0.2, 0) is 5.75 Å². The highest BCUT2D eigenvalue weighted by atomic mass is 35.5. The van der Waals surface area contributed by atoms with Gasteiger partial charge >= 0.3 is 0 Å². The normalized spacial score (nSPS) is 12.8. The Labute approximate surface area is 94.5 Å². The first-order chi connectivity index (χ1) is 6.72. The minimum Gasteiger partial charge on any atom is -0.256 e. The van der Waals surface area contributed by atoms with E-state index in [9.17, 15) is 0 Å². The molecule has 1 atom stereocenters. The molecule has 0 aliphatic heterocycles. The molecule has 78 valence electrons. The van der Waals surface area contributed by atoms with Gasteiger partial charge in [-0.15, -0.1) is 0 Å². The number of halogens is 1. The minimum atomic E-state index is 0.459. The molecule has 2 nitrogen and oxygen atoms in total. The third kappa shape index (κ3) is 4.29. The van der Waals surface area contributed by atoms with E-state index in [0.717, 1.165) is 17.4 Å². The summed E-state index contributed by atoms with van der Waals surface area (Å²) in [7, 11) is 0. The maximum absolute atomic E-state index is 5.64. The number of hydrogen-bond donors (Lipinski definition) is 0. The first kappa shape index (κ1) is 11.8. The van der Waals surface area contributed by atoms with Crippen LogP contribution in [0, 0.1) is 5.92 Å². The van der Waals surface area contributed by atoms with Crippen LogP contribution >= 0.6 is 23.4 Å². The fourth-order valence-corrected chi connectivity index (χ4v) is 2.11. The highest BCUT2D eigenvalue weighted by molar-refractivity contribution is 7.98. The molecule has 0 fully saturated rings. The van der Waals surface area contributed by atoms with Crippen LogP contribution in [0.5, 0.6) is 0 Å². The van der Waals surface area contributed by atoms with Gasteiger partial charge in [0.15, 0.2) is 0 Å². The Morgan fingerprint density at radius 3 is 2.79 bits per heavy atom. The zero-order chi connectivity index (χ0) is 10.4. The van der Waals surface area contributed by atoms with Crippen molar-refractivity contribution in [1.82, 2.24) is 9.97 Å². The van der Waals surface area contributed by atoms with Crippen LogP contribution in [-0.4, -0.2) is 15.7 Å². The van der Waals surface area contributed by atoms with Gasteiger partial charge in [-0.25, -0.2) is 4.98 Å². The molecule has 0 aliphatic carbocycles. The van der Waals surface area contributed by atoms with E-state index in [1.54, 1.807) is 12.4 Å². The summed E-state index contributed by atoms with van der Waals surface area (Å²) in [5, 5.41) is 0.459. The van der Waals surface area contributed by atoms with E-state index in [-0.39, 0.29) is 0 Å². The van der Waals surface area contributed by atoms with E-state index in [4.69, 9.17) is 11.6 Å². The molecule has 0 radical (unpaired) electrons. The Hall–Kier alpha value is -0.280. The Kier molecular flexibility index (Phi) is 5.26. The van der Waals surface area contributed by atoms with Gasteiger partial charge in [-0.05, 0) is 11.7 Å². The van der Waals surface area contributed by atoms with Crippen LogP contribution in [0.25, 0.3) is 0 Å². The van der Waals surface area contributed by atoms with E-state index in [1.807, 2.05) is 11.8 Å². The quantitative estimate of drug-likeness (QED) is 0.776. The van der Waals surface area contributed by atoms with Crippen molar-refractivity contribution in [2.24, 2.45) is 5.92 Å². The summed E-state index contributed by atoms with van der Waals surface area (Å²) in [5.74, 6) is 2.88. The monoisotopic (exact) mass is 230 g/mol. The number of rotatable bonds is 5. The van der Waals surface area contributed by atoms with Gasteiger partial charge in [0.1, 0.15) is 5.15 Å². The molecule has 0 saturated carbocycles. The first-order valence-electron chi connectivity index (χ1n) is 4.76. The smallest absolute Gasteiger partial charge is 0.147 e. The van der Waals surface area contributed by atoms with Crippen molar-refractivity contribution < 1.29 is 0 Å². The summed E-state index contributed by atoms with van der Waals surface area (Å²) in [6.45, 7) is 4.48. The van der Waals surface area contributed by atoms with Crippen molar-refractivity contribution >= 4 is 23.4 Å². The maximum Gasteiger partial charge on any atom is 0.147 e. The molecule has 1 aromatic heterocycles. The second kappa shape index (κ2) is 6.25. The summed E-state index contributed by atoms with van der Waals surface area (Å²) in [6, 6.07) is 0. The average molecular weight is 231 g/mol. The number of thioether (sulfide) groups is 1. The van der Waals surface area contributed by atoms with Crippen LogP contribution in [0.1, 0.15) is 26.0 Å². The molecular formula is C10H15ClN2S. The molecule has 4 heteroatoms. The zero-order valence-corrected chi connectivity index (χ0v) is 10.1. The topological polar surface area (TPSA) is 25.8 Å². The Morgan fingerprint density at radius 2 is 2.21 bits per heavy atom. The summed E-state index contributed by atoms with van der Waals surface area (Å²) in [6.07, 6.45) is 4.58.